The van der Waals surface area contributed by atoms with Gasteiger partial charge in [0.1, 0.15) is 0 Å². The zero-order valence-corrected chi connectivity index (χ0v) is 8.57. The summed E-state index contributed by atoms with van der Waals surface area (Å²) in [5, 5.41) is 3.75. The highest BCUT2D eigenvalue weighted by atomic mass is 32.1. The molecular weight excluding hydrogens is 210 g/mol. The van der Waals surface area contributed by atoms with E-state index in [1.807, 2.05) is 30.3 Å². The summed E-state index contributed by atoms with van der Waals surface area (Å²) in [4.78, 5) is 15.4. The zero-order chi connectivity index (χ0) is 10.7. The van der Waals surface area contributed by atoms with Crippen LogP contribution in [0.1, 0.15) is 10.5 Å². The number of carbonyl (C=O) groups excluding carboxylic acids is 1. The summed E-state index contributed by atoms with van der Waals surface area (Å²) in [6.45, 7) is 3.19. The number of aromatic nitrogens is 2. The summed E-state index contributed by atoms with van der Waals surface area (Å²) in [6.07, 6.45) is 0. The fraction of sp³-hybridized carbons (Fsp3) is 0. The molecule has 1 heterocycles. The van der Waals surface area contributed by atoms with Gasteiger partial charge in [-0.3, -0.25) is 4.79 Å². The molecule has 74 valence electrons. The normalized spacial score (nSPS) is 9.87. The van der Waals surface area contributed by atoms with E-state index in [1.54, 1.807) is 0 Å². The molecule has 15 heavy (non-hydrogen) atoms. The minimum Gasteiger partial charge on any atom is -0.265 e. The molecule has 1 aromatic carbocycles. The molecule has 0 fully saturated rings. The fourth-order valence-electron chi connectivity index (χ4n) is 1.18. The van der Waals surface area contributed by atoms with Crippen LogP contribution in [0, 0.1) is 0 Å². The van der Waals surface area contributed by atoms with Gasteiger partial charge in [-0.15, -0.1) is 5.10 Å². The van der Waals surface area contributed by atoms with Gasteiger partial charge in [0.05, 0.1) is 4.88 Å². The van der Waals surface area contributed by atoms with E-state index in [0.717, 1.165) is 10.4 Å². The van der Waals surface area contributed by atoms with Crippen LogP contribution in [0.3, 0.4) is 0 Å². The Morgan fingerprint density at radius 3 is 2.73 bits per heavy atom. The molecule has 0 aliphatic heterocycles. The standard InChI is InChI=1S/C10H7N3OS/c1-11-10(14)8-9(15-13-12-8)7-5-3-2-4-6-7/h2-6H,1H2. The van der Waals surface area contributed by atoms with E-state index in [4.69, 9.17) is 0 Å². The van der Waals surface area contributed by atoms with Crippen LogP contribution < -0.4 is 0 Å². The lowest BCUT2D eigenvalue weighted by atomic mass is 10.1. The number of hydrogen-bond donors (Lipinski definition) is 0. The Labute approximate surface area is 90.5 Å². The maximum absolute atomic E-state index is 11.3. The van der Waals surface area contributed by atoms with Crippen LogP contribution in [-0.2, 0) is 0 Å². The third-order valence-electron chi connectivity index (χ3n) is 1.87. The predicted molar refractivity (Wildman–Crippen MR) is 59.2 cm³/mol. The second kappa shape index (κ2) is 4.10. The summed E-state index contributed by atoms with van der Waals surface area (Å²) < 4.78 is 3.75. The monoisotopic (exact) mass is 217 g/mol. The molecule has 2 aromatic rings. The molecule has 0 atom stereocenters. The number of nitrogens with zero attached hydrogens (tertiary/aromatic N) is 3. The number of amides is 1. The van der Waals surface area contributed by atoms with Gasteiger partial charge in [0.2, 0.25) is 0 Å². The SMILES string of the molecule is C=NC(=O)c1nnsc1-c1ccccc1. The predicted octanol–water partition coefficient (Wildman–Crippen LogP) is 2.05. The van der Waals surface area contributed by atoms with Gasteiger partial charge in [-0.1, -0.05) is 34.8 Å². The molecule has 2 rings (SSSR count). The van der Waals surface area contributed by atoms with Crippen LogP contribution in [0.25, 0.3) is 10.4 Å². The van der Waals surface area contributed by atoms with E-state index in [2.05, 4.69) is 21.3 Å². The quantitative estimate of drug-likeness (QED) is 0.723. The van der Waals surface area contributed by atoms with Crippen molar-refractivity contribution in [3.8, 4) is 10.4 Å². The van der Waals surface area contributed by atoms with Gasteiger partial charge in [0, 0.05) is 0 Å². The van der Waals surface area contributed by atoms with Crippen molar-refractivity contribution in [2.75, 3.05) is 0 Å². The minimum absolute atomic E-state index is 0.265. The van der Waals surface area contributed by atoms with Crippen molar-refractivity contribution in [1.29, 1.82) is 0 Å². The summed E-state index contributed by atoms with van der Waals surface area (Å²) in [5.74, 6) is -0.442. The molecule has 0 unspecified atom stereocenters. The topological polar surface area (TPSA) is 55.2 Å². The first kappa shape index (κ1) is 9.67. The first-order chi connectivity index (χ1) is 7.33. The van der Waals surface area contributed by atoms with E-state index in [0.29, 0.717) is 0 Å². The molecule has 0 N–H and O–H groups in total. The van der Waals surface area contributed by atoms with Gasteiger partial charge in [0.25, 0.3) is 5.91 Å². The molecule has 0 radical (unpaired) electrons. The second-order valence-corrected chi connectivity index (χ2v) is 3.53. The fourth-order valence-corrected chi connectivity index (χ4v) is 1.84. The van der Waals surface area contributed by atoms with Crippen molar-refractivity contribution in [2.45, 2.75) is 0 Å². The maximum Gasteiger partial charge on any atom is 0.298 e. The first-order valence-corrected chi connectivity index (χ1v) is 4.99. The van der Waals surface area contributed by atoms with Crippen molar-refractivity contribution in [3.63, 3.8) is 0 Å². The van der Waals surface area contributed by atoms with Crippen molar-refractivity contribution < 1.29 is 4.79 Å². The van der Waals surface area contributed by atoms with E-state index in [-0.39, 0.29) is 5.69 Å². The Morgan fingerprint density at radius 2 is 2.07 bits per heavy atom. The Hall–Kier alpha value is -1.88. The molecule has 0 saturated carbocycles. The molecule has 5 heteroatoms. The third-order valence-corrected chi connectivity index (χ3v) is 2.65. The first-order valence-electron chi connectivity index (χ1n) is 4.21. The minimum atomic E-state index is -0.442. The van der Waals surface area contributed by atoms with Gasteiger partial charge in [-0.25, -0.2) is 4.99 Å². The Bertz CT molecular complexity index is 492. The van der Waals surface area contributed by atoms with Gasteiger partial charge >= 0.3 is 0 Å². The number of hydrogen-bond acceptors (Lipinski definition) is 4. The molecule has 0 saturated heterocycles. The van der Waals surface area contributed by atoms with Crippen LogP contribution in [0.4, 0.5) is 0 Å². The number of rotatable bonds is 2. The molecule has 0 bridgehead atoms. The lowest BCUT2D eigenvalue weighted by Gasteiger charge is -1.96. The molecule has 1 amide bonds. The van der Waals surface area contributed by atoms with Gasteiger partial charge in [-0.05, 0) is 23.8 Å². The summed E-state index contributed by atoms with van der Waals surface area (Å²) >= 11 is 1.18. The molecule has 1 aromatic heterocycles. The number of aliphatic imine (C=N–C) groups is 1. The third kappa shape index (κ3) is 1.82. The Balaban J connectivity index is 2.50. The molecule has 0 aliphatic carbocycles. The molecule has 4 nitrogen and oxygen atoms in total. The van der Waals surface area contributed by atoms with Crippen molar-refractivity contribution in [2.24, 2.45) is 4.99 Å². The zero-order valence-electron chi connectivity index (χ0n) is 7.75. The Kier molecular flexibility index (Phi) is 2.64. The number of carbonyl (C=O) groups is 1. The maximum atomic E-state index is 11.3. The molecule has 0 spiro atoms. The summed E-state index contributed by atoms with van der Waals surface area (Å²) in [6, 6.07) is 9.49. The highest BCUT2D eigenvalue weighted by Crippen LogP contribution is 2.25. The molecular formula is C10H7N3OS. The van der Waals surface area contributed by atoms with Crippen LogP contribution >= 0.6 is 11.5 Å². The lowest BCUT2D eigenvalue weighted by molar-refractivity contribution is 0.1000. The Morgan fingerprint density at radius 1 is 1.33 bits per heavy atom. The van der Waals surface area contributed by atoms with Crippen molar-refractivity contribution in [1.82, 2.24) is 9.59 Å². The van der Waals surface area contributed by atoms with Crippen LogP contribution in [-0.4, -0.2) is 22.2 Å². The summed E-state index contributed by atoms with van der Waals surface area (Å²) in [7, 11) is 0. The van der Waals surface area contributed by atoms with Crippen LogP contribution in [0.15, 0.2) is 35.3 Å². The van der Waals surface area contributed by atoms with Crippen LogP contribution in [0.2, 0.25) is 0 Å². The average molecular weight is 217 g/mol. The summed E-state index contributed by atoms with van der Waals surface area (Å²) in [5.41, 5.74) is 1.18. The highest BCUT2D eigenvalue weighted by molar-refractivity contribution is 7.09. The average Bonchev–Trinajstić information content (AvgIpc) is 2.78. The van der Waals surface area contributed by atoms with E-state index in [9.17, 15) is 4.79 Å². The van der Waals surface area contributed by atoms with Gasteiger partial charge < -0.3 is 0 Å². The van der Waals surface area contributed by atoms with E-state index in [1.165, 1.54) is 11.5 Å². The van der Waals surface area contributed by atoms with Crippen molar-refractivity contribution >= 4 is 24.2 Å². The largest absolute Gasteiger partial charge is 0.298 e. The molecule has 0 aliphatic rings. The van der Waals surface area contributed by atoms with E-state index >= 15 is 0 Å². The van der Waals surface area contributed by atoms with E-state index < -0.39 is 5.91 Å². The second-order valence-electron chi connectivity index (χ2n) is 2.78. The van der Waals surface area contributed by atoms with Gasteiger partial charge in [0.15, 0.2) is 5.69 Å². The lowest BCUT2D eigenvalue weighted by Crippen LogP contribution is -1.96. The van der Waals surface area contributed by atoms with Crippen molar-refractivity contribution in [3.05, 3.63) is 36.0 Å². The number of benzene rings is 1. The van der Waals surface area contributed by atoms with Crippen LogP contribution in [0.5, 0.6) is 0 Å². The van der Waals surface area contributed by atoms with Gasteiger partial charge in [-0.2, -0.15) is 0 Å². The highest BCUT2D eigenvalue weighted by Gasteiger charge is 2.15. The smallest absolute Gasteiger partial charge is 0.265 e.